The predicted molar refractivity (Wildman–Crippen MR) is 72.3 cm³/mol. The van der Waals surface area contributed by atoms with Crippen molar-refractivity contribution in [1.82, 2.24) is 0 Å². The van der Waals surface area contributed by atoms with Crippen molar-refractivity contribution in [2.24, 2.45) is 0 Å². The van der Waals surface area contributed by atoms with E-state index in [0.717, 1.165) is 10.0 Å². The summed E-state index contributed by atoms with van der Waals surface area (Å²) in [5.74, 6) is -0.702. The molecule has 0 bridgehead atoms. The van der Waals surface area contributed by atoms with Crippen LogP contribution in [0.3, 0.4) is 0 Å². The highest BCUT2D eigenvalue weighted by Crippen LogP contribution is 2.19. The van der Waals surface area contributed by atoms with Gasteiger partial charge in [-0.2, -0.15) is 0 Å². The Labute approximate surface area is 112 Å². The van der Waals surface area contributed by atoms with E-state index in [2.05, 4.69) is 29.2 Å². The molecule has 1 aromatic rings. The minimum Gasteiger partial charge on any atom is -0.488 e. The topological polar surface area (TPSA) is 63.6 Å². The fourth-order valence-electron chi connectivity index (χ4n) is 1.12. The molecule has 17 heavy (non-hydrogen) atoms. The van der Waals surface area contributed by atoms with Crippen molar-refractivity contribution in [2.75, 3.05) is 11.0 Å². The fourth-order valence-corrected chi connectivity index (χ4v) is 1.34. The number of carbonyl (C=O) groups excluding carboxylic acids is 1. The summed E-state index contributed by atoms with van der Waals surface area (Å²) in [6, 6.07) is 4.17. The Balaban J connectivity index is 2.89. The molecule has 5 heteroatoms. The maximum atomic E-state index is 10.8. The molecule has 1 aromatic carbocycles. The van der Waals surface area contributed by atoms with E-state index in [1.165, 1.54) is 18.2 Å². The lowest BCUT2D eigenvalue weighted by molar-refractivity contribution is 0.0697. The van der Waals surface area contributed by atoms with E-state index in [1.54, 1.807) is 0 Å². The Morgan fingerprint density at radius 2 is 2.24 bits per heavy atom. The molecule has 0 amide bonds. The molecule has 0 spiro atoms. The third kappa shape index (κ3) is 3.85. The van der Waals surface area contributed by atoms with Crippen LogP contribution in [0.4, 0.5) is 0 Å². The molecular weight excluding hydrogens is 335 g/mol. The number of ether oxygens (including phenoxy) is 1. The quantitative estimate of drug-likeness (QED) is 0.372. The normalized spacial score (nSPS) is 9.71. The van der Waals surface area contributed by atoms with Gasteiger partial charge in [-0.15, -0.1) is 0 Å². The molecule has 0 fully saturated rings. The molecule has 0 aliphatic rings. The minimum atomic E-state index is -1.07. The first kappa shape index (κ1) is 13.7. The Morgan fingerprint density at radius 3 is 2.76 bits per heavy atom. The molecule has 0 saturated carbocycles. The van der Waals surface area contributed by atoms with Crippen LogP contribution < -0.4 is 4.74 Å². The third-order valence-corrected chi connectivity index (χ3v) is 3.08. The number of hydrogen-bond donors (Lipinski definition) is 1. The second-order valence-corrected chi connectivity index (χ2v) is 4.11. The largest absolute Gasteiger partial charge is 0.488 e. The molecule has 0 unspecified atom stereocenters. The van der Waals surface area contributed by atoms with Crippen molar-refractivity contribution in [3.05, 3.63) is 41.5 Å². The first-order valence-corrected chi connectivity index (χ1v) is 6.29. The van der Waals surface area contributed by atoms with Crippen molar-refractivity contribution in [1.29, 1.82) is 0 Å². The van der Waals surface area contributed by atoms with Crippen LogP contribution in [-0.4, -0.2) is 28.4 Å². The molecule has 0 aliphatic heterocycles. The van der Waals surface area contributed by atoms with E-state index in [0.29, 0.717) is 18.6 Å². The van der Waals surface area contributed by atoms with Gasteiger partial charge in [0.05, 0.1) is 11.1 Å². The summed E-state index contributed by atoms with van der Waals surface area (Å²) < 4.78 is 6.15. The van der Waals surface area contributed by atoms with Gasteiger partial charge >= 0.3 is 5.97 Å². The highest BCUT2D eigenvalue weighted by Gasteiger charge is 2.09. The van der Waals surface area contributed by atoms with E-state index in [-0.39, 0.29) is 11.1 Å². The molecular formula is C12H11IO4. The molecule has 4 nitrogen and oxygen atoms in total. The first-order chi connectivity index (χ1) is 8.08. The van der Waals surface area contributed by atoms with E-state index in [1.807, 2.05) is 0 Å². The van der Waals surface area contributed by atoms with Gasteiger partial charge in [-0.1, -0.05) is 29.2 Å². The monoisotopic (exact) mass is 346 g/mol. The summed E-state index contributed by atoms with van der Waals surface area (Å²) in [5, 5.41) is 8.78. The van der Waals surface area contributed by atoms with Gasteiger partial charge in [-0.05, 0) is 23.8 Å². The van der Waals surface area contributed by atoms with E-state index in [9.17, 15) is 9.59 Å². The molecule has 1 rings (SSSR count). The molecule has 90 valence electrons. The number of carboxylic acids is 1. The van der Waals surface area contributed by atoms with Crippen molar-refractivity contribution >= 4 is 34.8 Å². The molecule has 1 N–H and O–H groups in total. The van der Waals surface area contributed by atoms with Crippen LogP contribution >= 0.6 is 22.6 Å². The number of benzene rings is 1. The maximum absolute atomic E-state index is 10.8. The Kier molecular flexibility index (Phi) is 5.14. The zero-order valence-corrected chi connectivity index (χ0v) is 11.1. The predicted octanol–water partition coefficient (Wildman–Crippen LogP) is 2.57. The van der Waals surface area contributed by atoms with E-state index < -0.39 is 5.97 Å². The standard InChI is InChI=1S/C12H11IO4/c1-8(5-13)7-17-11-3-2-9(12(15)16)4-10(11)6-14/h2-4,6H,1,5,7H2,(H,15,16). The lowest BCUT2D eigenvalue weighted by Gasteiger charge is -2.09. The zero-order chi connectivity index (χ0) is 12.8. The smallest absolute Gasteiger partial charge is 0.335 e. The number of aldehydes is 1. The summed E-state index contributed by atoms with van der Waals surface area (Å²) in [7, 11) is 0. The van der Waals surface area contributed by atoms with Gasteiger partial charge in [0.15, 0.2) is 6.29 Å². The lowest BCUT2D eigenvalue weighted by atomic mass is 10.1. The SMILES string of the molecule is C=C(CI)COc1ccc(C(=O)O)cc1C=O. The van der Waals surface area contributed by atoms with Crippen molar-refractivity contribution in [3.8, 4) is 5.75 Å². The van der Waals surface area contributed by atoms with Crippen LogP contribution in [0.1, 0.15) is 20.7 Å². The fraction of sp³-hybridized carbons (Fsp3) is 0.167. The zero-order valence-electron chi connectivity index (χ0n) is 8.98. The maximum Gasteiger partial charge on any atom is 0.335 e. The van der Waals surface area contributed by atoms with Gasteiger partial charge in [0.25, 0.3) is 0 Å². The number of carbonyl (C=O) groups is 2. The molecule has 0 atom stereocenters. The first-order valence-electron chi connectivity index (χ1n) is 4.76. The summed E-state index contributed by atoms with van der Waals surface area (Å²) in [4.78, 5) is 21.5. The van der Waals surface area contributed by atoms with Gasteiger partial charge in [-0.3, -0.25) is 4.79 Å². The number of rotatable bonds is 6. The Hall–Kier alpha value is -1.37. The van der Waals surface area contributed by atoms with E-state index in [4.69, 9.17) is 9.84 Å². The summed E-state index contributed by atoms with van der Waals surface area (Å²) >= 11 is 2.16. The van der Waals surface area contributed by atoms with Gasteiger partial charge in [0.2, 0.25) is 0 Å². The summed E-state index contributed by atoms with van der Waals surface area (Å²) in [6.07, 6.45) is 0.578. The molecule has 0 saturated heterocycles. The number of halogens is 1. The van der Waals surface area contributed by atoms with Gasteiger partial charge in [-0.25, -0.2) is 4.79 Å². The number of hydrogen-bond acceptors (Lipinski definition) is 3. The average Bonchev–Trinajstić information content (AvgIpc) is 2.35. The number of alkyl halides is 1. The lowest BCUT2D eigenvalue weighted by Crippen LogP contribution is -2.04. The van der Waals surface area contributed by atoms with Crippen LogP contribution in [-0.2, 0) is 0 Å². The molecule has 0 radical (unpaired) electrons. The van der Waals surface area contributed by atoms with Gasteiger partial charge in [0.1, 0.15) is 12.4 Å². The second-order valence-electron chi connectivity index (χ2n) is 3.35. The minimum absolute atomic E-state index is 0.0622. The third-order valence-electron chi connectivity index (χ3n) is 2.00. The second kappa shape index (κ2) is 6.39. The molecule has 0 aliphatic carbocycles. The Bertz CT molecular complexity index is 454. The van der Waals surface area contributed by atoms with Gasteiger partial charge < -0.3 is 9.84 Å². The van der Waals surface area contributed by atoms with Crippen LogP contribution in [0.15, 0.2) is 30.4 Å². The van der Waals surface area contributed by atoms with Crippen molar-refractivity contribution in [2.45, 2.75) is 0 Å². The Morgan fingerprint density at radius 1 is 1.53 bits per heavy atom. The summed E-state index contributed by atoms with van der Waals surface area (Å²) in [6.45, 7) is 4.09. The highest BCUT2D eigenvalue weighted by atomic mass is 127. The van der Waals surface area contributed by atoms with Crippen LogP contribution in [0.5, 0.6) is 5.75 Å². The van der Waals surface area contributed by atoms with Crippen LogP contribution in [0.25, 0.3) is 0 Å². The summed E-state index contributed by atoms with van der Waals surface area (Å²) in [5.41, 5.74) is 1.18. The number of aromatic carboxylic acids is 1. The highest BCUT2D eigenvalue weighted by molar-refractivity contribution is 14.1. The van der Waals surface area contributed by atoms with Crippen molar-refractivity contribution < 1.29 is 19.4 Å². The van der Waals surface area contributed by atoms with Gasteiger partial charge in [0, 0.05) is 4.43 Å². The van der Waals surface area contributed by atoms with Crippen LogP contribution in [0, 0.1) is 0 Å². The average molecular weight is 346 g/mol. The number of carboxylic acid groups (broad SMARTS) is 1. The molecule has 0 aromatic heterocycles. The van der Waals surface area contributed by atoms with Crippen molar-refractivity contribution in [3.63, 3.8) is 0 Å². The van der Waals surface area contributed by atoms with E-state index >= 15 is 0 Å². The van der Waals surface area contributed by atoms with Crippen LogP contribution in [0.2, 0.25) is 0 Å². The molecule has 0 heterocycles.